The lowest BCUT2D eigenvalue weighted by Gasteiger charge is -2.30. The molecule has 1 aliphatic heterocycles. The summed E-state index contributed by atoms with van der Waals surface area (Å²) in [6, 6.07) is 9.26. The standard InChI is InChI=1S/C22H31N5O4/c1-3-4-10-26-20(23)19(25-11-13-31-14-12-25)21(29)27(22(26)30)15-18(28)24-16(2)17-8-6-5-7-9-17/h5-9,16H,3-4,10-15,23H2,1-2H3,(H,24,28)/t16-/m1/s1. The molecule has 0 bridgehead atoms. The van der Waals surface area contributed by atoms with Gasteiger partial charge in [0.05, 0.1) is 19.3 Å². The van der Waals surface area contributed by atoms with Crippen molar-refractivity contribution in [1.82, 2.24) is 14.5 Å². The van der Waals surface area contributed by atoms with Gasteiger partial charge in [0.25, 0.3) is 5.56 Å². The van der Waals surface area contributed by atoms with Gasteiger partial charge in [-0.05, 0) is 18.9 Å². The van der Waals surface area contributed by atoms with E-state index in [2.05, 4.69) is 5.32 Å². The molecule has 2 heterocycles. The molecule has 0 radical (unpaired) electrons. The number of ether oxygens (including phenoxy) is 1. The summed E-state index contributed by atoms with van der Waals surface area (Å²) in [4.78, 5) is 40.9. The minimum absolute atomic E-state index is 0.152. The number of hydrogen-bond donors (Lipinski definition) is 2. The van der Waals surface area contributed by atoms with Crippen LogP contribution < -0.4 is 27.2 Å². The van der Waals surface area contributed by atoms with Gasteiger partial charge in [0.1, 0.15) is 18.1 Å². The van der Waals surface area contributed by atoms with Crippen LogP contribution in [-0.4, -0.2) is 41.3 Å². The minimum atomic E-state index is -0.560. The summed E-state index contributed by atoms with van der Waals surface area (Å²) >= 11 is 0. The summed E-state index contributed by atoms with van der Waals surface area (Å²) in [5.74, 6) is -0.255. The van der Waals surface area contributed by atoms with E-state index in [9.17, 15) is 14.4 Å². The lowest BCUT2D eigenvalue weighted by Crippen LogP contribution is -2.49. The maximum absolute atomic E-state index is 13.2. The lowest BCUT2D eigenvalue weighted by molar-refractivity contribution is -0.122. The topological polar surface area (TPSA) is 112 Å². The number of morpholine rings is 1. The zero-order valence-corrected chi connectivity index (χ0v) is 18.2. The summed E-state index contributed by atoms with van der Waals surface area (Å²) in [5, 5.41) is 2.86. The van der Waals surface area contributed by atoms with Crippen LogP contribution >= 0.6 is 0 Å². The molecule has 1 atom stereocenters. The van der Waals surface area contributed by atoms with E-state index in [0.717, 1.165) is 23.0 Å². The van der Waals surface area contributed by atoms with Gasteiger partial charge in [-0.1, -0.05) is 43.7 Å². The number of carbonyl (C=O) groups is 1. The highest BCUT2D eigenvalue weighted by atomic mass is 16.5. The Bertz CT molecular complexity index is 1010. The summed E-state index contributed by atoms with van der Waals surface area (Å²) < 4.78 is 7.77. The molecule has 1 saturated heterocycles. The smallest absolute Gasteiger partial charge is 0.333 e. The first-order valence-electron chi connectivity index (χ1n) is 10.7. The van der Waals surface area contributed by atoms with Crippen molar-refractivity contribution in [1.29, 1.82) is 0 Å². The first-order valence-corrected chi connectivity index (χ1v) is 10.7. The van der Waals surface area contributed by atoms with Crippen molar-refractivity contribution in [2.75, 3.05) is 36.9 Å². The predicted molar refractivity (Wildman–Crippen MR) is 120 cm³/mol. The van der Waals surface area contributed by atoms with Gasteiger partial charge in [0, 0.05) is 19.6 Å². The van der Waals surface area contributed by atoms with Crippen LogP contribution in [0.1, 0.15) is 38.3 Å². The molecule has 0 unspecified atom stereocenters. The molecule has 0 spiro atoms. The number of rotatable bonds is 8. The van der Waals surface area contributed by atoms with Gasteiger partial charge in [-0.3, -0.25) is 14.2 Å². The fraction of sp³-hybridized carbons (Fsp3) is 0.500. The maximum atomic E-state index is 13.2. The largest absolute Gasteiger partial charge is 0.383 e. The maximum Gasteiger partial charge on any atom is 0.333 e. The third kappa shape index (κ3) is 5.16. The Morgan fingerprint density at radius 2 is 1.84 bits per heavy atom. The highest BCUT2D eigenvalue weighted by molar-refractivity contribution is 5.76. The second-order valence-corrected chi connectivity index (χ2v) is 7.71. The Labute approximate surface area is 181 Å². The van der Waals surface area contributed by atoms with Crippen LogP contribution in [0.25, 0.3) is 0 Å². The monoisotopic (exact) mass is 429 g/mol. The van der Waals surface area contributed by atoms with Crippen LogP contribution in [0.2, 0.25) is 0 Å². The zero-order valence-electron chi connectivity index (χ0n) is 18.2. The van der Waals surface area contributed by atoms with Gasteiger partial charge < -0.3 is 20.7 Å². The van der Waals surface area contributed by atoms with Gasteiger partial charge in [0.2, 0.25) is 5.91 Å². The highest BCUT2D eigenvalue weighted by Gasteiger charge is 2.24. The number of hydrogen-bond acceptors (Lipinski definition) is 6. The fourth-order valence-corrected chi connectivity index (χ4v) is 3.71. The van der Waals surface area contributed by atoms with Gasteiger partial charge in [0.15, 0.2) is 0 Å². The summed E-state index contributed by atoms with van der Waals surface area (Å²) in [5.41, 5.74) is 6.38. The molecule has 0 saturated carbocycles. The Balaban J connectivity index is 1.93. The second kappa shape index (κ2) is 10.3. The van der Waals surface area contributed by atoms with Crippen molar-refractivity contribution >= 4 is 17.4 Å². The molecule has 168 valence electrons. The molecule has 1 amide bonds. The molecule has 2 aromatic rings. The first-order chi connectivity index (χ1) is 14.9. The molecular weight excluding hydrogens is 398 g/mol. The van der Waals surface area contributed by atoms with Crippen LogP contribution in [0.4, 0.5) is 11.5 Å². The Hall–Kier alpha value is -3.07. The summed E-state index contributed by atoms with van der Waals surface area (Å²) in [6.45, 7) is 5.85. The Kier molecular flexibility index (Phi) is 7.51. The number of nitrogens with two attached hydrogens (primary N) is 1. The molecule has 3 rings (SSSR count). The number of anilines is 2. The van der Waals surface area contributed by atoms with Crippen LogP contribution in [0.15, 0.2) is 39.9 Å². The molecule has 3 N–H and O–H groups in total. The molecule has 1 aliphatic rings. The SMILES string of the molecule is CCCCn1c(N)c(N2CCOCC2)c(=O)n(CC(=O)N[C@H](C)c2ccccc2)c1=O. The first kappa shape index (κ1) is 22.6. The van der Waals surface area contributed by atoms with Crippen LogP contribution in [0.3, 0.4) is 0 Å². The average molecular weight is 430 g/mol. The Morgan fingerprint density at radius 3 is 2.48 bits per heavy atom. The van der Waals surface area contributed by atoms with E-state index >= 15 is 0 Å². The molecular formula is C22H31N5O4. The van der Waals surface area contributed by atoms with E-state index in [1.165, 1.54) is 4.57 Å². The molecule has 1 aromatic carbocycles. The third-order valence-corrected chi connectivity index (χ3v) is 5.48. The quantitative estimate of drug-likeness (QED) is 0.650. The molecule has 9 nitrogen and oxygen atoms in total. The van der Waals surface area contributed by atoms with Crippen molar-refractivity contribution in [3.05, 3.63) is 56.7 Å². The van der Waals surface area contributed by atoms with Gasteiger partial charge >= 0.3 is 5.69 Å². The number of nitrogen functional groups attached to an aromatic ring is 1. The van der Waals surface area contributed by atoms with E-state index in [0.29, 0.717) is 32.8 Å². The van der Waals surface area contributed by atoms with Crippen molar-refractivity contribution in [2.45, 2.75) is 45.8 Å². The summed E-state index contributed by atoms with van der Waals surface area (Å²) in [7, 11) is 0. The van der Waals surface area contributed by atoms with E-state index in [1.807, 2.05) is 49.1 Å². The van der Waals surface area contributed by atoms with Gasteiger partial charge in [-0.25, -0.2) is 9.36 Å². The van der Waals surface area contributed by atoms with Crippen LogP contribution in [0, 0.1) is 0 Å². The van der Waals surface area contributed by atoms with Crippen LogP contribution in [-0.2, 0) is 22.6 Å². The Morgan fingerprint density at radius 1 is 1.16 bits per heavy atom. The van der Waals surface area contributed by atoms with E-state index < -0.39 is 17.2 Å². The lowest BCUT2D eigenvalue weighted by atomic mass is 10.1. The van der Waals surface area contributed by atoms with Crippen molar-refractivity contribution in [3.63, 3.8) is 0 Å². The number of amides is 1. The number of benzene rings is 1. The van der Waals surface area contributed by atoms with Gasteiger partial charge in [-0.15, -0.1) is 0 Å². The summed E-state index contributed by atoms with van der Waals surface area (Å²) in [6.07, 6.45) is 1.61. The molecule has 31 heavy (non-hydrogen) atoms. The van der Waals surface area contributed by atoms with Crippen molar-refractivity contribution in [2.24, 2.45) is 0 Å². The third-order valence-electron chi connectivity index (χ3n) is 5.48. The predicted octanol–water partition coefficient (Wildman–Crippen LogP) is 1.11. The number of nitrogens with zero attached hydrogens (tertiary/aromatic N) is 3. The number of unbranched alkanes of at least 4 members (excludes halogenated alkanes) is 1. The highest BCUT2D eigenvalue weighted by Crippen LogP contribution is 2.19. The zero-order chi connectivity index (χ0) is 22.4. The second-order valence-electron chi connectivity index (χ2n) is 7.71. The van der Waals surface area contributed by atoms with E-state index in [-0.39, 0.29) is 24.1 Å². The van der Waals surface area contributed by atoms with Crippen LogP contribution in [0.5, 0.6) is 0 Å². The number of aromatic nitrogens is 2. The molecule has 1 fully saturated rings. The van der Waals surface area contributed by atoms with Gasteiger partial charge in [-0.2, -0.15) is 0 Å². The molecule has 1 aromatic heterocycles. The molecule has 9 heteroatoms. The van der Waals surface area contributed by atoms with E-state index in [1.54, 1.807) is 0 Å². The number of carbonyl (C=O) groups excluding carboxylic acids is 1. The minimum Gasteiger partial charge on any atom is -0.383 e. The van der Waals surface area contributed by atoms with Crippen molar-refractivity contribution < 1.29 is 9.53 Å². The normalized spacial score (nSPS) is 15.0. The number of nitrogens with one attached hydrogen (secondary N) is 1. The average Bonchev–Trinajstić information content (AvgIpc) is 2.78. The molecule has 0 aliphatic carbocycles. The fourth-order valence-electron chi connectivity index (χ4n) is 3.71. The van der Waals surface area contributed by atoms with Crippen molar-refractivity contribution in [3.8, 4) is 0 Å². The van der Waals surface area contributed by atoms with E-state index in [4.69, 9.17) is 10.5 Å².